The first kappa shape index (κ1) is 12.8. The minimum Gasteiger partial charge on any atom is -0.478 e. The zero-order valence-electron chi connectivity index (χ0n) is 10.0. The van der Waals surface area contributed by atoms with Crippen molar-refractivity contribution in [2.75, 3.05) is 11.9 Å². The van der Waals surface area contributed by atoms with Gasteiger partial charge in [-0.15, -0.1) is 0 Å². The number of nitrogens with zero attached hydrogens (tertiary/aromatic N) is 1. The Bertz CT molecular complexity index is 447. The highest BCUT2D eigenvalue weighted by Crippen LogP contribution is 2.21. The molecule has 2 atom stereocenters. The number of aromatic carboxylic acids is 1. The number of halogens is 1. The van der Waals surface area contributed by atoms with Crippen LogP contribution in [0.3, 0.4) is 0 Å². The summed E-state index contributed by atoms with van der Waals surface area (Å²) >= 11 is 0. The van der Waals surface area contributed by atoms with Crippen LogP contribution in [0.25, 0.3) is 0 Å². The second-order valence-corrected chi connectivity index (χ2v) is 4.31. The van der Waals surface area contributed by atoms with Gasteiger partial charge in [0.2, 0.25) is 0 Å². The molecule has 1 saturated heterocycles. The third-order valence-corrected chi connectivity index (χ3v) is 3.01. The number of carbonyl (C=O) groups is 1. The first-order valence-corrected chi connectivity index (χ1v) is 5.85. The molecule has 1 aromatic heterocycles. The average Bonchev–Trinajstić information content (AvgIpc) is 2.85. The Kier molecular flexibility index (Phi) is 3.76. The van der Waals surface area contributed by atoms with Gasteiger partial charge in [-0.1, -0.05) is 0 Å². The lowest BCUT2D eigenvalue weighted by molar-refractivity contribution is 0.0692. The number of rotatable bonds is 4. The molecule has 0 amide bonds. The van der Waals surface area contributed by atoms with Crippen LogP contribution in [0.5, 0.6) is 0 Å². The molecule has 2 rings (SSSR count). The third-order valence-electron chi connectivity index (χ3n) is 3.01. The van der Waals surface area contributed by atoms with Crippen molar-refractivity contribution in [1.82, 2.24) is 4.98 Å². The molecule has 5 nitrogen and oxygen atoms in total. The van der Waals surface area contributed by atoms with Gasteiger partial charge in [0, 0.05) is 12.8 Å². The summed E-state index contributed by atoms with van der Waals surface area (Å²) in [7, 11) is 0. The number of carboxylic acids is 1. The van der Waals surface area contributed by atoms with Crippen LogP contribution in [0.4, 0.5) is 10.2 Å². The van der Waals surface area contributed by atoms with Crippen molar-refractivity contribution in [3.8, 4) is 0 Å². The van der Waals surface area contributed by atoms with Crippen molar-refractivity contribution in [1.29, 1.82) is 0 Å². The minimum absolute atomic E-state index is 0.0136. The van der Waals surface area contributed by atoms with E-state index in [1.165, 1.54) is 6.20 Å². The molecule has 0 aliphatic carbocycles. The lowest BCUT2D eigenvalue weighted by atomic mass is 10.1. The Labute approximate surface area is 104 Å². The molecular formula is C12H15FN2O3. The summed E-state index contributed by atoms with van der Waals surface area (Å²) in [6, 6.07) is 1.03. The van der Waals surface area contributed by atoms with E-state index in [9.17, 15) is 9.18 Å². The molecule has 1 aliphatic rings. The van der Waals surface area contributed by atoms with Gasteiger partial charge >= 0.3 is 5.97 Å². The Morgan fingerprint density at radius 2 is 2.50 bits per heavy atom. The maximum absolute atomic E-state index is 13.8. The molecule has 0 radical (unpaired) electrons. The van der Waals surface area contributed by atoms with Crippen molar-refractivity contribution in [3.05, 3.63) is 23.6 Å². The standard InChI is InChI=1S/C12H15FN2O3/c1-7(9-3-2-6-18-9)15-11-10(13)8(12(16)17)4-5-14-11/h4-5,7,9H,2-3,6H2,1H3,(H,14,15)(H,16,17). The molecule has 0 aromatic carbocycles. The maximum atomic E-state index is 13.8. The zero-order chi connectivity index (χ0) is 13.1. The van der Waals surface area contributed by atoms with Gasteiger partial charge in [-0.2, -0.15) is 0 Å². The molecule has 0 saturated carbocycles. The van der Waals surface area contributed by atoms with Gasteiger partial charge in [0.1, 0.15) is 5.56 Å². The van der Waals surface area contributed by atoms with Gasteiger partial charge in [0.25, 0.3) is 0 Å². The molecule has 2 N–H and O–H groups in total. The predicted molar refractivity (Wildman–Crippen MR) is 63.2 cm³/mol. The number of hydrogen-bond acceptors (Lipinski definition) is 4. The lowest BCUT2D eigenvalue weighted by Crippen LogP contribution is -2.31. The number of carboxylic acid groups (broad SMARTS) is 1. The van der Waals surface area contributed by atoms with E-state index >= 15 is 0 Å². The highest BCUT2D eigenvalue weighted by Gasteiger charge is 2.24. The summed E-state index contributed by atoms with van der Waals surface area (Å²) in [6.07, 6.45) is 3.19. The van der Waals surface area contributed by atoms with Gasteiger partial charge < -0.3 is 15.2 Å². The number of ether oxygens (including phenoxy) is 1. The van der Waals surface area contributed by atoms with Gasteiger partial charge in [-0.05, 0) is 25.8 Å². The lowest BCUT2D eigenvalue weighted by Gasteiger charge is -2.20. The third kappa shape index (κ3) is 2.59. The number of pyridine rings is 1. The summed E-state index contributed by atoms with van der Waals surface area (Å²) in [5.41, 5.74) is -0.382. The molecule has 1 aliphatic heterocycles. The SMILES string of the molecule is CC(Nc1nccc(C(=O)O)c1F)C1CCCO1. The monoisotopic (exact) mass is 254 g/mol. The summed E-state index contributed by atoms with van der Waals surface area (Å²) in [5.74, 6) is -2.18. The van der Waals surface area contributed by atoms with Crippen molar-refractivity contribution in [2.24, 2.45) is 0 Å². The number of anilines is 1. The van der Waals surface area contributed by atoms with Crippen molar-refractivity contribution >= 4 is 11.8 Å². The van der Waals surface area contributed by atoms with Crippen LogP contribution in [0.2, 0.25) is 0 Å². The summed E-state index contributed by atoms with van der Waals surface area (Å²) in [5, 5.41) is 11.7. The van der Waals surface area contributed by atoms with Gasteiger partial charge in [-0.25, -0.2) is 14.2 Å². The van der Waals surface area contributed by atoms with E-state index in [2.05, 4.69) is 10.3 Å². The second kappa shape index (κ2) is 5.30. The van der Waals surface area contributed by atoms with Gasteiger partial charge in [0.15, 0.2) is 11.6 Å². The van der Waals surface area contributed by atoms with Crippen LogP contribution in [-0.2, 0) is 4.74 Å². The predicted octanol–water partition coefficient (Wildman–Crippen LogP) is 1.90. The molecule has 98 valence electrons. The molecule has 18 heavy (non-hydrogen) atoms. The zero-order valence-corrected chi connectivity index (χ0v) is 10.0. The second-order valence-electron chi connectivity index (χ2n) is 4.31. The Balaban J connectivity index is 2.13. The normalized spacial score (nSPS) is 20.7. The fourth-order valence-electron chi connectivity index (χ4n) is 2.02. The van der Waals surface area contributed by atoms with E-state index in [0.29, 0.717) is 6.61 Å². The minimum atomic E-state index is -1.30. The van der Waals surface area contributed by atoms with Gasteiger partial charge in [0.05, 0.1) is 12.1 Å². The van der Waals surface area contributed by atoms with Crippen LogP contribution in [0.1, 0.15) is 30.1 Å². The van der Waals surface area contributed by atoms with E-state index in [0.717, 1.165) is 18.9 Å². The largest absolute Gasteiger partial charge is 0.478 e. The highest BCUT2D eigenvalue weighted by atomic mass is 19.1. The van der Waals surface area contributed by atoms with Crippen LogP contribution in [0, 0.1) is 5.82 Å². The van der Waals surface area contributed by atoms with Crippen LogP contribution < -0.4 is 5.32 Å². The van der Waals surface area contributed by atoms with E-state index in [1.807, 2.05) is 6.92 Å². The molecule has 2 heterocycles. The quantitative estimate of drug-likeness (QED) is 0.858. The van der Waals surface area contributed by atoms with E-state index < -0.39 is 11.8 Å². The summed E-state index contributed by atoms with van der Waals surface area (Å²) in [6.45, 7) is 2.58. The van der Waals surface area contributed by atoms with E-state index in [-0.39, 0.29) is 23.5 Å². The molecular weight excluding hydrogens is 239 g/mol. The Hall–Kier alpha value is -1.69. The molecule has 1 aromatic rings. The average molecular weight is 254 g/mol. The first-order chi connectivity index (χ1) is 8.59. The topological polar surface area (TPSA) is 71.5 Å². The molecule has 2 unspecified atom stereocenters. The number of nitrogens with one attached hydrogen (secondary N) is 1. The fraction of sp³-hybridized carbons (Fsp3) is 0.500. The van der Waals surface area contributed by atoms with Crippen molar-refractivity contribution in [3.63, 3.8) is 0 Å². The molecule has 6 heteroatoms. The van der Waals surface area contributed by atoms with Crippen LogP contribution in [0.15, 0.2) is 12.3 Å². The Morgan fingerprint density at radius 3 is 3.11 bits per heavy atom. The van der Waals surface area contributed by atoms with Crippen LogP contribution >= 0.6 is 0 Å². The summed E-state index contributed by atoms with van der Waals surface area (Å²) < 4.78 is 19.3. The smallest absolute Gasteiger partial charge is 0.338 e. The number of aromatic nitrogens is 1. The maximum Gasteiger partial charge on any atom is 0.338 e. The molecule has 1 fully saturated rings. The molecule has 0 bridgehead atoms. The first-order valence-electron chi connectivity index (χ1n) is 5.85. The fourth-order valence-corrected chi connectivity index (χ4v) is 2.02. The van der Waals surface area contributed by atoms with Crippen molar-refractivity contribution in [2.45, 2.75) is 31.9 Å². The van der Waals surface area contributed by atoms with Crippen LogP contribution in [-0.4, -0.2) is 34.8 Å². The molecule has 0 spiro atoms. The number of hydrogen-bond donors (Lipinski definition) is 2. The van der Waals surface area contributed by atoms with Gasteiger partial charge in [-0.3, -0.25) is 0 Å². The highest BCUT2D eigenvalue weighted by molar-refractivity contribution is 5.88. The summed E-state index contributed by atoms with van der Waals surface area (Å²) in [4.78, 5) is 14.6. The van der Waals surface area contributed by atoms with E-state index in [1.54, 1.807) is 0 Å². The van der Waals surface area contributed by atoms with Crippen molar-refractivity contribution < 1.29 is 19.0 Å². The Morgan fingerprint density at radius 1 is 1.72 bits per heavy atom. The van der Waals surface area contributed by atoms with E-state index in [4.69, 9.17) is 9.84 Å².